The summed E-state index contributed by atoms with van der Waals surface area (Å²) in [5.41, 5.74) is 2.37. The Labute approximate surface area is 194 Å². The van der Waals surface area contributed by atoms with Crippen LogP contribution in [-0.4, -0.2) is 51.4 Å². The first-order valence-electron chi connectivity index (χ1n) is 10.1. The molecule has 0 aliphatic heterocycles. The molecule has 1 aromatic carbocycles. The van der Waals surface area contributed by atoms with E-state index in [4.69, 9.17) is 0 Å². The lowest BCUT2D eigenvalue weighted by molar-refractivity contribution is -0.132. The zero-order valence-corrected chi connectivity index (χ0v) is 20.0. The summed E-state index contributed by atoms with van der Waals surface area (Å²) < 4.78 is 0. The third kappa shape index (κ3) is 5.83. The van der Waals surface area contributed by atoms with Crippen LogP contribution in [0.5, 0.6) is 0 Å². The molecule has 0 saturated carbocycles. The average Bonchev–Trinajstić information content (AvgIpc) is 3.05. The minimum Gasteiger partial charge on any atom is -0.333 e. The number of thiophene rings is 1. The van der Waals surface area contributed by atoms with Crippen molar-refractivity contribution in [1.29, 1.82) is 0 Å². The van der Waals surface area contributed by atoms with Crippen molar-refractivity contribution >= 4 is 62.4 Å². The van der Waals surface area contributed by atoms with E-state index in [1.807, 2.05) is 20.8 Å². The van der Waals surface area contributed by atoms with Gasteiger partial charge in [-0.15, -0.1) is 11.3 Å². The van der Waals surface area contributed by atoms with E-state index < -0.39 is 0 Å². The summed E-state index contributed by atoms with van der Waals surface area (Å²) in [4.78, 5) is 48.6. The van der Waals surface area contributed by atoms with Gasteiger partial charge in [-0.1, -0.05) is 11.8 Å². The summed E-state index contributed by atoms with van der Waals surface area (Å²) in [6.45, 7) is 7.73. The number of rotatable bonds is 8. The zero-order valence-electron chi connectivity index (χ0n) is 18.4. The molecule has 8 nitrogen and oxygen atoms in total. The molecule has 168 valence electrons. The van der Waals surface area contributed by atoms with Crippen molar-refractivity contribution < 1.29 is 14.4 Å². The van der Waals surface area contributed by atoms with E-state index in [0.29, 0.717) is 17.9 Å². The van der Waals surface area contributed by atoms with E-state index in [1.165, 1.54) is 34.8 Å². The second-order valence-corrected chi connectivity index (χ2v) is 9.31. The number of nitrogens with zero attached hydrogens (tertiary/aromatic N) is 3. The Morgan fingerprint density at radius 1 is 1.06 bits per heavy atom. The maximum atomic E-state index is 12.8. The first-order chi connectivity index (χ1) is 15.3. The smallest absolute Gasteiger partial charge is 0.243 e. The molecular formula is C22H25N5O3S2. The Bertz CT molecular complexity index is 1140. The molecule has 0 fully saturated rings. The number of nitrogens with one attached hydrogen (secondary N) is 2. The molecule has 2 heterocycles. The van der Waals surface area contributed by atoms with Gasteiger partial charge in [0, 0.05) is 35.1 Å². The van der Waals surface area contributed by atoms with Crippen LogP contribution in [-0.2, 0) is 14.4 Å². The van der Waals surface area contributed by atoms with Crippen molar-refractivity contribution in [3.05, 3.63) is 41.0 Å². The van der Waals surface area contributed by atoms with Crippen LogP contribution in [0.25, 0.3) is 10.2 Å². The highest BCUT2D eigenvalue weighted by Crippen LogP contribution is 2.34. The van der Waals surface area contributed by atoms with Crippen molar-refractivity contribution in [3.63, 3.8) is 0 Å². The van der Waals surface area contributed by atoms with Crippen LogP contribution >= 0.6 is 23.1 Å². The number of fused-ring (bicyclic) bond motifs is 1. The van der Waals surface area contributed by atoms with Crippen molar-refractivity contribution in [1.82, 2.24) is 14.9 Å². The third-order valence-corrected chi connectivity index (χ3v) is 6.91. The number of amides is 3. The molecule has 3 aromatic rings. The van der Waals surface area contributed by atoms with Crippen LogP contribution in [0.2, 0.25) is 0 Å². The van der Waals surface area contributed by atoms with E-state index in [9.17, 15) is 14.4 Å². The van der Waals surface area contributed by atoms with Crippen molar-refractivity contribution in [2.75, 3.05) is 29.5 Å². The van der Waals surface area contributed by atoms with E-state index in [1.54, 1.807) is 35.6 Å². The minimum atomic E-state index is -0.286. The Balaban J connectivity index is 1.58. The Morgan fingerprint density at radius 3 is 2.34 bits per heavy atom. The van der Waals surface area contributed by atoms with Crippen LogP contribution in [0.3, 0.4) is 0 Å². The molecule has 0 aliphatic rings. The van der Waals surface area contributed by atoms with E-state index in [0.717, 1.165) is 20.8 Å². The number of benzene rings is 1. The maximum absolute atomic E-state index is 12.8. The van der Waals surface area contributed by atoms with Gasteiger partial charge in [-0.3, -0.25) is 14.4 Å². The van der Waals surface area contributed by atoms with Crippen LogP contribution in [0.15, 0.2) is 35.6 Å². The number of aromatic nitrogens is 2. The van der Waals surface area contributed by atoms with E-state index in [2.05, 4.69) is 20.6 Å². The highest BCUT2D eigenvalue weighted by Gasteiger charge is 2.18. The topological polar surface area (TPSA) is 104 Å². The lowest BCUT2D eigenvalue weighted by Crippen LogP contribution is -2.38. The van der Waals surface area contributed by atoms with Gasteiger partial charge >= 0.3 is 0 Å². The molecule has 0 aliphatic carbocycles. The molecule has 32 heavy (non-hydrogen) atoms. The molecule has 0 bridgehead atoms. The molecule has 0 unspecified atom stereocenters. The third-order valence-electron chi connectivity index (χ3n) is 4.82. The zero-order chi connectivity index (χ0) is 23.3. The van der Waals surface area contributed by atoms with Gasteiger partial charge in [-0.05, 0) is 50.6 Å². The van der Waals surface area contributed by atoms with Crippen LogP contribution in [0.1, 0.15) is 24.3 Å². The molecule has 0 radical (unpaired) electrons. The minimum absolute atomic E-state index is 0.0425. The largest absolute Gasteiger partial charge is 0.333 e. The lowest BCUT2D eigenvalue weighted by atomic mass is 10.2. The second kappa shape index (κ2) is 10.6. The fraction of sp³-hybridized carbons (Fsp3) is 0.318. The van der Waals surface area contributed by atoms with Gasteiger partial charge in [0.05, 0.1) is 12.3 Å². The van der Waals surface area contributed by atoms with Crippen LogP contribution in [0.4, 0.5) is 11.4 Å². The molecule has 2 aromatic heterocycles. The molecule has 2 N–H and O–H groups in total. The summed E-state index contributed by atoms with van der Waals surface area (Å²) in [6, 6.07) is 6.80. The quantitative estimate of drug-likeness (QED) is 0.382. The van der Waals surface area contributed by atoms with Gasteiger partial charge in [-0.25, -0.2) is 9.97 Å². The number of hydrogen-bond donors (Lipinski definition) is 2. The number of anilines is 2. The Kier molecular flexibility index (Phi) is 7.81. The van der Waals surface area contributed by atoms with Crippen LogP contribution in [0, 0.1) is 13.8 Å². The number of carbonyl (C=O) groups excluding carboxylic acids is 3. The first kappa shape index (κ1) is 23.7. The molecule has 3 rings (SSSR count). The predicted molar refractivity (Wildman–Crippen MR) is 129 cm³/mol. The number of hydrogen-bond acceptors (Lipinski definition) is 7. The van der Waals surface area contributed by atoms with Gasteiger partial charge in [0.2, 0.25) is 17.7 Å². The predicted octanol–water partition coefficient (Wildman–Crippen LogP) is 3.85. The molecule has 3 amide bonds. The first-order valence-corrected chi connectivity index (χ1v) is 11.9. The monoisotopic (exact) mass is 471 g/mol. The summed E-state index contributed by atoms with van der Waals surface area (Å²) >= 11 is 2.98. The van der Waals surface area contributed by atoms with E-state index >= 15 is 0 Å². The normalized spacial score (nSPS) is 10.8. The Morgan fingerprint density at radius 2 is 1.72 bits per heavy atom. The fourth-order valence-corrected chi connectivity index (χ4v) is 5.09. The van der Waals surface area contributed by atoms with Gasteiger partial charge in [-0.2, -0.15) is 0 Å². The SMILES string of the molecule is CCN(CC(=O)Nc1ccc(NC(C)=O)cc1)C(=O)CSc1ncnc2sc(C)c(C)c12. The number of aryl methyl sites for hydroxylation is 2. The summed E-state index contributed by atoms with van der Waals surface area (Å²) in [5.74, 6) is -0.396. The average molecular weight is 472 g/mol. The number of likely N-dealkylation sites (N-methyl/N-ethyl adjacent to an activating group) is 1. The standard InChI is InChI=1S/C22H25N5O3S2/c1-5-27(10-18(29)26-17-8-6-16(7-9-17)25-15(4)28)19(30)11-31-21-20-13(2)14(3)32-22(20)24-12-23-21/h6-9,12H,5,10-11H2,1-4H3,(H,25,28)(H,26,29). The molecule has 0 spiro atoms. The van der Waals surface area contributed by atoms with Gasteiger partial charge in [0.1, 0.15) is 16.2 Å². The Hall–Kier alpha value is -2.98. The maximum Gasteiger partial charge on any atom is 0.243 e. The highest BCUT2D eigenvalue weighted by atomic mass is 32.2. The summed E-state index contributed by atoms with van der Waals surface area (Å²) in [6.07, 6.45) is 1.52. The molecule has 10 heteroatoms. The van der Waals surface area contributed by atoms with Crippen molar-refractivity contribution in [2.24, 2.45) is 0 Å². The second-order valence-electron chi connectivity index (χ2n) is 7.15. The number of carbonyl (C=O) groups is 3. The van der Waals surface area contributed by atoms with Crippen LogP contribution < -0.4 is 10.6 Å². The van der Waals surface area contributed by atoms with Gasteiger partial charge in [0.25, 0.3) is 0 Å². The van der Waals surface area contributed by atoms with Crippen molar-refractivity contribution in [2.45, 2.75) is 32.7 Å². The highest BCUT2D eigenvalue weighted by molar-refractivity contribution is 8.00. The summed E-state index contributed by atoms with van der Waals surface area (Å²) in [7, 11) is 0. The molecular weight excluding hydrogens is 446 g/mol. The van der Waals surface area contributed by atoms with E-state index in [-0.39, 0.29) is 30.0 Å². The number of thioether (sulfide) groups is 1. The fourth-order valence-electron chi connectivity index (χ4n) is 3.07. The van der Waals surface area contributed by atoms with Crippen molar-refractivity contribution in [3.8, 4) is 0 Å². The lowest BCUT2D eigenvalue weighted by Gasteiger charge is -2.20. The molecule has 0 atom stereocenters. The van der Waals surface area contributed by atoms with Gasteiger partial charge < -0.3 is 15.5 Å². The molecule has 0 saturated heterocycles. The van der Waals surface area contributed by atoms with Gasteiger partial charge in [0.15, 0.2) is 0 Å². The summed E-state index contributed by atoms with van der Waals surface area (Å²) in [5, 5.41) is 7.23.